The van der Waals surface area contributed by atoms with E-state index in [4.69, 9.17) is 0 Å². The van der Waals surface area contributed by atoms with Crippen molar-refractivity contribution in [1.29, 1.82) is 0 Å². The molecule has 0 saturated heterocycles. The molecular weight excluding hydrogens is 272 g/mol. The molecule has 0 heterocycles. The number of benzene rings is 1. The minimum atomic E-state index is 0.205. The van der Waals surface area contributed by atoms with Crippen molar-refractivity contribution in [2.24, 2.45) is 5.92 Å². The monoisotopic (exact) mass is 302 g/mol. The minimum Gasteiger partial charge on any atom is -0.508 e. The Bertz CT molecular complexity index is 495. The zero-order valence-electron chi connectivity index (χ0n) is 14.1. The van der Waals surface area contributed by atoms with E-state index in [9.17, 15) is 10.2 Å². The van der Waals surface area contributed by atoms with Crippen LogP contribution in [-0.4, -0.2) is 10.2 Å². The lowest BCUT2D eigenvalue weighted by atomic mass is 9.72. The molecule has 2 heteroatoms. The number of aromatic hydroxyl groups is 2. The van der Waals surface area contributed by atoms with Gasteiger partial charge in [-0.25, -0.2) is 0 Å². The highest BCUT2D eigenvalue weighted by Gasteiger charge is 2.31. The molecule has 1 unspecified atom stereocenters. The van der Waals surface area contributed by atoms with E-state index in [0.717, 1.165) is 48.8 Å². The Morgan fingerprint density at radius 2 is 1.77 bits per heavy atom. The van der Waals surface area contributed by atoms with Gasteiger partial charge in [0, 0.05) is 5.56 Å². The van der Waals surface area contributed by atoms with Crippen molar-refractivity contribution in [2.45, 2.75) is 71.1 Å². The van der Waals surface area contributed by atoms with Crippen LogP contribution in [0.3, 0.4) is 0 Å². The highest BCUT2D eigenvalue weighted by atomic mass is 16.3. The van der Waals surface area contributed by atoms with E-state index in [2.05, 4.69) is 20.4 Å². The Labute approximate surface area is 134 Å². The van der Waals surface area contributed by atoms with Crippen molar-refractivity contribution in [2.75, 3.05) is 0 Å². The molecule has 2 atom stereocenters. The Hall–Kier alpha value is -1.44. The van der Waals surface area contributed by atoms with E-state index < -0.39 is 0 Å². The number of allylic oxidation sites excluding steroid dienone is 1. The van der Waals surface area contributed by atoms with Crippen LogP contribution < -0.4 is 0 Å². The summed E-state index contributed by atoms with van der Waals surface area (Å²) in [4.78, 5) is 0. The maximum Gasteiger partial charge on any atom is 0.123 e. The van der Waals surface area contributed by atoms with Crippen LogP contribution in [0.2, 0.25) is 0 Å². The molecule has 1 aromatic carbocycles. The Balaban J connectivity index is 2.24. The first-order chi connectivity index (χ1) is 10.5. The second-order valence-corrected chi connectivity index (χ2v) is 6.85. The van der Waals surface area contributed by atoms with Gasteiger partial charge < -0.3 is 10.2 Å². The summed E-state index contributed by atoms with van der Waals surface area (Å²) in [5, 5.41) is 21.0. The first kappa shape index (κ1) is 16.9. The Kier molecular flexibility index (Phi) is 5.93. The molecule has 0 spiro atoms. The van der Waals surface area contributed by atoms with Crippen molar-refractivity contribution < 1.29 is 10.2 Å². The molecule has 1 aromatic rings. The highest BCUT2D eigenvalue weighted by Crippen LogP contribution is 2.47. The fourth-order valence-electron chi connectivity index (χ4n) is 3.85. The topological polar surface area (TPSA) is 40.5 Å². The van der Waals surface area contributed by atoms with Crippen LogP contribution in [0, 0.1) is 5.92 Å². The molecule has 0 bridgehead atoms. The molecule has 2 rings (SSSR count). The minimum absolute atomic E-state index is 0.205. The molecule has 1 saturated carbocycles. The third-order valence-electron chi connectivity index (χ3n) is 5.03. The fourth-order valence-corrected chi connectivity index (χ4v) is 3.85. The number of rotatable bonds is 6. The molecule has 122 valence electrons. The van der Waals surface area contributed by atoms with E-state index in [1.165, 1.54) is 19.3 Å². The van der Waals surface area contributed by atoms with Crippen LogP contribution in [-0.2, 0) is 6.42 Å². The van der Waals surface area contributed by atoms with Crippen LogP contribution in [0.15, 0.2) is 24.3 Å². The Morgan fingerprint density at radius 1 is 1.14 bits per heavy atom. The molecule has 1 fully saturated rings. The first-order valence-corrected chi connectivity index (χ1v) is 8.74. The SMILES string of the molecule is C=C(C)[C@@H]1CCCCC1c1c(O)cc(CCCCC)cc1O. The van der Waals surface area contributed by atoms with E-state index in [1.807, 2.05) is 12.1 Å². The molecule has 1 aliphatic carbocycles. The standard InChI is InChI=1S/C20H30O2/c1-4-5-6-9-15-12-18(21)20(19(22)13-15)17-11-8-7-10-16(17)14(2)3/h12-13,16-17,21-22H,2,4-11H2,1,3H3/t16-,17?/m0/s1. The molecule has 0 radical (unpaired) electrons. The van der Waals surface area contributed by atoms with Gasteiger partial charge in [0.15, 0.2) is 0 Å². The van der Waals surface area contributed by atoms with E-state index >= 15 is 0 Å². The Morgan fingerprint density at radius 3 is 2.36 bits per heavy atom. The fraction of sp³-hybridized carbons (Fsp3) is 0.600. The van der Waals surface area contributed by atoms with Crippen LogP contribution in [0.5, 0.6) is 11.5 Å². The predicted octanol–water partition coefficient (Wildman–Crippen LogP) is 5.68. The number of unbranched alkanes of at least 4 members (excludes halogenated alkanes) is 2. The van der Waals surface area contributed by atoms with Crippen molar-refractivity contribution >= 4 is 0 Å². The zero-order valence-corrected chi connectivity index (χ0v) is 14.1. The summed E-state index contributed by atoms with van der Waals surface area (Å²) in [5.41, 5.74) is 2.94. The van der Waals surface area contributed by atoms with Gasteiger partial charge in [-0.2, -0.15) is 0 Å². The number of hydrogen-bond donors (Lipinski definition) is 2. The van der Waals surface area contributed by atoms with E-state index in [0.29, 0.717) is 5.92 Å². The van der Waals surface area contributed by atoms with Crippen LogP contribution in [0.1, 0.15) is 75.8 Å². The van der Waals surface area contributed by atoms with Gasteiger partial charge in [0.1, 0.15) is 11.5 Å². The highest BCUT2D eigenvalue weighted by molar-refractivity contribution is 5.49. The van der Waals surface area contributed by atoms with Crippen molar-refractivity contribution in [3.63, 3.8) is 0 Å². The molecule has 0 aliphatic heterocycles. The smallest absolute Gasteiger partial charge is 0.123 e. The van der Waals surface area contributed by atoms with Gasteiger partial charge in [0.25, 0.3) is 0 Å². The third kappa shape index (κ3) is 3.85. The number of phenolic OH excluding ortho intramolecular Hbond substituents is 2. The summed E-state index contributed by atoms with van der Waals surface area (Å²) in [6, 6.07) is 3.71. The zero-order chi connectivity index (χ0) is 16.1. The van der Waals surface area contributed by atoms with Crippen LogP contribution in [0.4, 0.5) is 0 Å². The maximum atomic E-state index is 10.5. The molecule has 2 N–H and O–H groups in total. The number of hydrogen-bond acceptors (Lipinski definition) is 2. The summed E-state index contributed by atoms with van der Waals surface area (Å²) in [6.45, 7) is 8.36. The molecule has 22 heavy (non-hydrogen) atoms. The summed E-state index contributed by atoms with van der Waals surface area (Å²) in [6.07, 6.45) is 8.89. The predicted molar refractivity (Wildman–Crippen MR) is 92.5 cm³/mol. The molecule has 0 amide bonds. The van der Waals surface area contributed by atoms with Crippen molar-refractivity contribution in [3.05, 3.63) is 35.4 Å². The third-order valence-corrected chi connectivity index (χ3v) is 5.03. The lowest BCUT2D eigenvalue weighted by molar-refractivity contribution is 0.326. The second kappa shape index (κ2) is 7.71. The first-order valence-electron chi connectivity index (χ1n) is 8.74. The number of aryl methyl sites for hydroxylation is 1. The summed E-state index contributed by atoms with van der Waals surface area (Å²) >= 11 is 0. The van der Waals surface area contributed by atoms with Gasteiger partial charge in [-0.3, -0.25) is 0 Å². The quantitative estimate of drug-likeness (QED) is 0.524. The van der Waals surface area contributed by atoms with Gasteiger partial charge in [0.2, 0.25) is 0 Å². The van der Waals surface area contributed by atoms with Gasteiger partial charge in [-0.15, -0.1) is 0 Å². The van der Waals surface area contributed by atoms with Gasteiger partial charge >= 0.3 is 0 Å². The molecule has 1 aliphatic rings. The van der Waals surface area contributed by atoms with E-state index in [-0.39, 0.29) is 17.4 Å². The summed E-state index contributed by atoms with van der Waals surface area (Å²) in [5.74, 6) is 1.11. The van der Waals surface area contributed by atoms with E-state index in [1.54, 1.807) is 0 Å². The molecule has 0 aromatic heterocycles. The van der Waals surface area contributed by atoms with Gasteiger partial charge in [0.05, 0.1) is 0 Å². The van der Waals surface area contributed by atoms with Crippen molar-refractivity contribution in [1.82, 2.24) is 0 Å². The van der Waals surface area contributed by atoms with Crippen LogP contribution >= 0.6 is 0 Å². The number of phenols is 2. The average Bonchev–Trinajstić information content (AvgIpc) is 2.47. The molecular formula is C20H30O2. The van der Waals surface area contributed by atoms with Crippen molar-refractivity contribution in [3.8, 4) is 11.5 Å². The normalized spacial score (nSPS) is 21.7. The largest absolute Gasteiger partial charge is 0.508 e. The second-order valence-electron chi connectivity index (χ2n) is 6.85. The summed E-state index contributed by atoms with van der Waals surface area (Å²) in [7, 11) is 0. The van der Waals surface area contributed by atoms with Gasteiger partial charge in [-0.1, -0.05) is 44.8 Å². The lowest BCUT2D eigenvalue weighted by Gasteiger charge is -2.33. The van der Waals surface area contributed by atoms with Gasteiger partial charge in [-0.05, 0) is 62.1 Å². The average molecular weight is 302 g/mol. The van der Waals surface area contributed by atoms with Crippen LogP contribution in [0.25, 0.3) is 0 Å². The summed E-state index contributed by atoms with van der Waals surface area (Å²) < 4.78 is 0. The molecule has 2 nitrogen and oxygen atoms in total. The lowest BCUT2D eigenvalue weighted by Crippen LogP contribution is -2.19. The maximum absolute atomic E-state index is 10.5.